The van der Waals surface area contributed by atoms with Crippen LogP contribution >= 0.6 is 23.1 Å². The lowest BCUT2D eigenvalue weighted by molar-refractivity contribution is 0.249. The molecule has 0 saturated heterocycles. The third-order valence-electron chi connectivity index (χ3n) is 2.51. The number of nitrogens with zero attached hydrogens (tertiary/aromatic N) is 1. The molecule has 21 heavy (non-hydrogen) atoms. The summed E-state index contributed by atoms with van der Waals surface area (Å²) in [6.07, 6.45) is 1.68. The summed E-state index contributed by atoms with van der Waals surface area (Å²) < 4.78 is 24.4. The quantitative estimate of drug-likeness (QED) is 0.802. The Bertz CT molecular complexity index is 576. The van der Waals surface area contributed by atoms with Crippen molar-refractivity contribution in [3.05, 3.63) is 40.8 Å². The predicted octanol–water partition coefficient (Wildman–Crippen LogP) is 4.34. The van der Waals surface area contributed by atoms with Crippen LogP contribution in [0.2, 0.25) is 0 Å². The van der Waals surface area contributed by atoms with Gasteiger partial charge in [-0.25, -0.2) is 9.78 Å². The number of urea groups is 1. The lowest BCUT2D eigenvalue weighted by Crippen LogP contribution is -2.31. The van der Waals surface area contributed by atoms with Gasteiger partial charge >= 0.3 is 6.03 Å². The van der Waals surface area contributed by atoms with Crippen LogP contribution in [0.5, 0.6) is 0 Å². The first-order valence-corrected chi connectivity index (χ1v) is 7.82. The number of thioether (sulfide) groups is 1. The van der Waals surface area contributed by atoms with E-state index >= 15 is 0 Å². The van der Waals surface area contributed by atoms with E-state index in [2.05, 4.69) is 15.6 Å². The molecule has 0 saturated carbocycles. The fourth-order valence-corrected chi connectivity index (χ4v) is 2.74. The summed E-state index contributed by atoms with van der Waals surface area (Å²) in [6.45, 7) is 1.83. The average Bonchev–Trinajstić information content (AvgIpc) is 2.94. The summed E-state index contributed by atoms with van der Waals surface area (Å²) in [5, 5.41) is 8.05. The minimum Gasteiger partial charge on any atom is -0.329 e. The lowest BCUT2D eigenvalue weighted by atomic mass is 10.3. The number of nitrogens with one attached hydrogen (secondary N) is 2. The maximum Gasteiger partial charge on any atom is 0.319 e. The maximum atomic E-state index is 12.2. The number of aromatic nitrogens is 1. The molecule has 4 nitrogen and oxygen atoms in total. The van der Waals surface area contributed by atoms with E-state index in [1.54, 1.807) is 18.3 Å². The van der Waals surface area contributed by atoms with Crippen molar-refractivity contribution in [3.63, 3.8) is 0 Å². The summed E-state index contributed by atoms with van der Waals surface area (Å²) in [5.74, 6) is -2.45. The Morgan fingerprint density at radius 3 is 2.62 bits per heavy atom. The molecule has 2 N–H and O–H groups in total. The molecule has 0 radical (unpaired) electrons. The Kier molecular flexibility index (Phi) is 5.51. The highest BCUT2D eigenvalue weighted by molar-refractivity contribution is 7.99. The largest absolute Gasteiger partial charge is 0.329 e. The first kappa shape index (κ1) is 15.7. The van der Waals surface area contributed by atoms with Gasteiger partial charge in [0.05, 0.1) is 6.04 Å². The SMILES string of the molecule is C[C@@H](NC(=O)Nc1ccc(SC(F)F)cc1)c1nccs1. The van der Waals surface area contributed by atoms with Crippen molar-refractivity contribution in [2.45, 2.75) is 23.6 Å². The van der Waals surface area contributed by atoms with Crippen LogP contribution in [0.25, 0.3) is 0 Å². The fraction of sp³-hybridized carbons (Fsp3) is 0.231. The first-order chi connectivity index (χ1) is 10.0. The summed E-state index contributed by atoms with van der Waals surface area (Å²) in [5.41, 5.74) is 0.539. The summed E-state index contributed by atoms with van der Waals surface area (Å²) in [6, 6.07) is 5.68. The van der Waals surface area contributed by atoms with E-state index in [0.717, 1.165) is 5.01 Å². The van der Waals surface area contributed by atoms with Crippen LogP contribution in [-0.2, 0) is 0 Å². The van der Waals surface area contributed by atoms with Crippen molar-refractivity contribution in [3.8, 4) is 0 Å². The number of hydrogen-bond donors (Lipinski definition) is 2. The smallest absolute Gasteiger partial charge is 0.319 e. The monoisotopic (exact) mass is 329 g/mol. The third-order valence-corrected chi connectivity index (χ3v) is 4.19. The van der Waals surface area contributed by atoms with Gasteiger partial charge in [-0.2, -0.15) is 8.78 Å². The topological polar surface area (TPSA) is 54.0 Å². The van der Waals surface area contributed by atoms with Gasteiger partial charge in [0.1, 0.15) is 5.01 Å². The van der Waals surface area contributed by atoms with Crippen LogP contribution < -0.4 is 10.6 Å². The molecule has 2 rings (SSSR count). The molecule has 0 unspecified atom stereocenters. The molecule has 8 heteroatoms. The highest BCUT2D eigenvalue weighted by Gasteiger charge is 2.11. The third kappa shape index (κ3) is 4.98. The Balaban J connectivity index is 1.87. The molecule has 1 aromatic heterocycles. The summed E-state index contributed by atoms with van der Waals surface area (Å²) >= 11 is 1.93. The van der Waals surface area contributed by atoms with Gasteiger partial charge in [-0.3, -0.25) is 0 Å². The highest BCUT2D eigenvalue weighted by Crippen LogP contribution is 2.26. The van der Waals surface area contributed by atoms with E-state index in [-0.39, 0.29) is 12.1 Å². The molecule has 0 aliphatic rings. The van der Waals surface area contributed by atoms with Crippen LogP contribution in [0.4, 0.5) is 19.3 Å². The number of halogens is 2. The zero-order valence-corrected chi connectivity index (χ0v) is 12.7. The van der Waals surface area contributed by atoms with Gasteiger partial charge in [0, 0.05) is 22.2 Å². The van der Waals surface area contributed by atoms with Crippen LogP contribution in [0.3, 0.4) is 0 Å². The zero-order chi connectivity index (χ0) is 15.2. The minimum absolute atomic E-state index is 0.196. The van der Waals surface area contributed by atoms with Crippen LogP contribution in [0.1, 0.15) is 18.0 Å². The molecule has 2 aromatic rings. The lowest BCUT2D eigenvalue weighted by Gasteiger charge is -2.12. The predicted molar refractivity (Wildman–Crippen MR) is 81.0 cm³/mol. The molecule has 0 fully saturated rings. The minimum atomic E-state index is -2.45. The van der Waals surface area contributed by atoms with Crippen molar-refractivity contribution in [1.82, 2.24) is 10.3 Å². The van der Waals surface area contributed by atoms with Gasteiger partial charge in [-0.15, -0.1) is 11.3 Å². The second-order valence-corrected chi connectivity index (χ2v) is 6.08. The van der Waals surface area contributed by atoms with Crippen LogP contribution in [0.15, 0.2) is 40.7 Å². The second-order valence-electron chi connectivity index (χ2n) is 4.09. The van der Waals surface area contributed by atoms with Gasteiger partial charge in [0.15, 0.2) is 0 Å². The molecule has 1 aromatic carbocycles. The second kappa shape index (κ2) is 7.37. The number of amides is 2. The number of anilines is 1. The van der Waals surface area contributed by atoms with E-state index in [4.69, 9.17) is 0 Å². The number of hydrogen-bond acceptors (Lipinski definition) is 4. The number of rotatable bonds is 5. The van der Waals surface area contributed by atoms with Crippen molar-refractivity contribution < 1.29 is 13.6 Å². The number of benzene rings is 1. The van der Waals surface area contributed by atoms with Gasteiger partial charge in [-0.1, -0.05) is 11.8 Å². The van der Waals surface area contributed by atoms with Crippen molar-refractivity contribution >= 4 is 34.8 Å². The Morgan fingerprint density at radius 1 is 1.33 bits per heavy atom. The molecule has 0 aliphatic carbocycles. The Hall–Kier alpha value is -1.67. The van der Waals surface area contributed by atoms with Gasteiger partial charge in [-0.05, 0) is 31.2 Å². The van der Waals surface area contributed by atoms with E-state index in [9.17, 15) is 13.6 Å². The number of carbonyl (C=O) groups is 1. The molecule has 1 heterocycles. The standard InChI is InChI=1S/C13H13F2N3OS2/c1-8(11-16-6-7-20-11)17-13(19)18-9-2-4-10(5-3-9)21-12(14)15/h2-8,12H,1H3,(H2,17,18,19)/t8-/m1/s1. The average molecular weight is 329 g/mol. The summed E-state index contributed by atoms with van der Waals surface area (Å²) in [7, 11) is 0. The van der Waals surface area contributed by atoms with Crippen LogP contribution in [0, 0.1) is 0 Å². The van der Waals surface area contributed by atoms with Crippen molar-refractivity contribution in [2.24, 2.45) is 0 Å². The number of alkyl halides is 2. The molecule has 0 aliphatic heterocycles. The molecular formula is C13H13F2N3OS2. The molecular weight excluding hydrogens is 316 g/mol. The molecule has 112 valence electrons. The zero-order valence-electron chi connectivity index (χ0n) is 11.0. The van der Waals surface area contributed by atoms with Crippen molar-refractivity contribution in [2.75, 3.05) is 5.32 Å². The van der Waals surface area contributed by atoms with E-state index in [1.807, 2.05) is 12.3 Å². The van der Waals surface area contributed by atoms with Gasteiger partial charge in [0.25, 0.3) is 5.76 Å². The number of carbonyl (C=O) groups excluding carboxylic acids is 1. The Morgan fingerprint density at radius 2 is 2.05 bits per heavy atom. The van der Waals surface area contributed by atoms with E-state index < -0.39 is 5.76 Å². The molecule has 0 spiro atoms. The molecule has 1 atom stereocenters. The highest BCUT2D eigenvalue weighted by atomic mass is 32.2. The normalized spacial score (nSPS) is 12.2. The first-order valence-electron chi connectivity index (χ1n) is 6.06. The fourth-order valence-electron chi connectivity index (χ4n) is 1.59. The molecule has 2 amide bonds. The summed E-state index contributed by atoms with van der Waals surface area (Å²) in [4.78, 5) is 16.4. The van der Waals surface area contributed by atoms with E-state index in [0.29, 0.717) is 22.3 Å². The number of thiazole rings is 1. The maximum absolute atomic E-state index is 12.2. The van der Waals surface area contributed by atoms with Gasteiger partial charge < -0.3 is 10.6 Å². The van der Waals surface area contributed by atoms with Crippen LogP contribution in [-0.4, -0.2) is 16.8 Å². The Labute approximate surface area is 129 Å². The van der Waals surface area contributed by atoms with Gasteiger partial charge in [0.2, 0.25) is 0 Å². The van der Waals surface area contributed by atoms with E-state index in [1.165, 1.54) is 23.5 Å². The van der Waals surface area contributed by atoms with Crippen molar-refractivity contribution in [1.29, 1.82) is 0 Å². The molecule has 0 bridgehead atoms.